The monoisotopic (exact) mass is 200 g/mol. The van der Waals surface area contributed by atoms with Gasteiger partial charge in [0.25, 0.3) is 0 Å². The lowest BCUT2D eigenvalue weighted by Crippen LogP contribution is -2.24. The number of carbonyl (C=O) groups is 1. The lowest BCUT2D eigenvalue weighted by atomic mass is 9.78. The predicted octanol–water partition coefficient (Wildman–Crippen LogP) is 2.55. The first-order valence-electron chi connectivity index (χ1n) is 4.27. The molecule has 0 aliphatic heterocycles. The molecule has 74 valence electrons. The van der Waals surface area contributed by atoms with Crippen molar-refractivity contribution in [2.75, 3.05) is 0 Å². The van der Waals surface area contributed by atoms with Crippen LogP contribution in [-0.2, 0) is 4.79 Å². The molecule has 0 spiro atoms. The Morgan fingerprint density at radius 1 is 1.14 bits per heavy atom. The largest absolute Gasteiger partial charge is 0.299 e. The van der Waals surface area contributed by atoms with Gasteiger partial charge in [0.2, 0.25) is 0 Å². The fourth-order valence-electron chi connectivity index (χ4n) is 1.55. The molecule has 4 heteroatoms. The van der Waals surface area contributed by atoms with Gasteiger partial charge in [-0.1, -0.05) is 6.07 Å². The van der Waals surface area contributed by atoms with E-state index in [0.29, 0.717) is 12.8 Å². The van der Waals surface area contributed by atoms with Gasteiger partial charge in [0, 0.05) is 17.9 Å². The van der Waals surface area contributed by atoms with Crippen molar-refractivity contribution >= 4 is 5.78 Å². The van der Waals surface area contributed by atoms with Crippen LogP contribution in [0.4, 0.5) is 13.2 Å². The summed E-state index contributed by atoms with van der Waals surface area (Å²) >= 11 is 0. The second-order valence-corrected chi connectivity index (χ2v) is 3.32. The van der Waals surface area contributed by atoms with Gasteiger partial charge in [-0.05, 0) is 12.5 Å². The number of ketones is 1. The maximum Gasteiger partial charge on any atom is 0.194 e. The summed E-state index contributed by atoms with van der Waals surface area (Å²) in [4.78, 5) is 11.0. The van der Waals surface area contributed by atoms with E-state index >= 15 is 0 Å². The molecule has 0 heterocycles. The molecule has 0 saturated heterocycles. The van der Waals surface area contributed by atoms with E-state index in [0.717, 1.165) is 12.1 Å². The highest BCUT2D eigenvalue weighted by Gasteiger charge is 2.33. The highest BCUT2D eigenvalue weighted by atomic mass is 19.2. The van der Waals surface area contributed by atoms with Crippen molar-refractivity contribution in [3.8, 4) is 0 Å². The number of halogens is 3. The highest BCUT2D eigenvalue weighted by molar-refractivity contribution is 5.91. The Balaban J connectivity index is 2.44. The Morgan fingerprint density at radius 3 is 2.36 bits per heavy atom. The predicted molar refractivity (Wildman–Crippen MR) is 43.3 cm³/mol. The number of benzene rings is 1. The topological polar surface area (TPSA) is 17.1 Å². The fourth-order valence-corrected chi connectivity index (χ4v) is 1.55. The summed E-state index contributed by atoms with van der Waals surface area (Å²) in [5.41, 5.74) is -0.0276. The van der Waals surface area contributed by atoms with E-state index in [2.05, 4.69) is 0 Å². The van der Waals surface area contributed by atoms with Crippen LogP contribution in [0.25, 0.3) is 0 Å². The molecule has 0 N–H and O–H groups in total. The maximum absolute atomic E-state index is 13.1. The molecule has 1 aromatic carbocycles. The Kier molecular flexibility index (Phi) is 2.06. The number of rotatable bonds is 1. The second-order valence-electron chi connectivity index (χ2n) is 3.32. The average molecular weight is 200 g/mol. The van der Waals surface area contributed by atoms with Gasteiger partial charge < -0.3 is 0 Å². The summed E-state index contributed by atoms with van der Waals surface area (Å²) < 4.78 is 38.5. The molecule has 1 aromatic rings. The molecule has 0 bridgehead atoms. The first-order chi connectivity index (χ1) is 6.61. The molecule has 1 aliphatic rings. The van der Waals surface area contributed by atoms with Crippen LogP contribution in [0.2, 0.25) is 0 Å². The average Bonchev–Trinajstić information content (AvgIpc) is 2.16. The van der Waals surface area contributed by atoms with Crippen molar-refractivity contribution in [3.05, 3.63) is 35.1 Å². The van der Waals surface area contributed by atoms with Crippen molar-refractivity contribution in [2.24, 2.45) is 0 Å². The fraction of sp³-hybridized carbons (Fsp3) is 0.300. The van der Waals surface area contributed by atoms with Crippen LogP contribution in [-0.4, -0.2) is 5.78 Å². The molecular formula is C10H7F3O. The molecular weight excluding hydrogens is 193 g/mol. The molecule has 2 rings (SSSR count). The Hall–Kier alpha value is -1.32. The highest BCUT2D eigenvalue weighted by Crippen LogP contribution is 2.35. The minimum absolute atomic E-state index is 0.0276. The minimum atomic E-state index is -1.50. The molecule has 0 amide bonds. The standard InChI is InChI=1S/C10H7F3O/c11-7-3-1-6(9(12)10(7)13)5-2-4-8(5)14/h1,3,5H,2,4H2. The zero-order valence-corrected chi connectivity index (χ0v) is 7.19. The second kappa shape index (κ2) is 3.12. The van der Waals surface area contributed by atoms with Crippen LogP contribution in [0, 0.1) is 17.5 Å². The van der Waals surface area contributed by atoms with E-state index in [9.17, 15) is 18.0 Å². The summed E-state index contributed by atoms with van der Waals surface area (Å²) in [6.07, 6.45) is 0.907. The van der Waals surface area contributed by atoms with Crippen LogP contribution in [0.5, 0.6) is 0 Å². The van der Waals surface area contributed by atoms with Gasteiger partial charge in [-0.2, -0.15) is 0 Å². The van der Waals surface area contributed by atoms with Crippen molar-refractivity contribution in [3.63, 3.8) is 0 Å². The maximum atomic E-state index is 13.1. The van der Waals surface area contributed by atoms with E-state index in [1.54, 1.807) is 0 Å². The summed E-state index contributed by atoms with van der Waals surface area (Å²) in [5.74, 6) is -4.65. The minimum Gasteiger partial charge on any atom is -0.299 e. The molecule has 0 radical (unpaired) electrons. The van der Waals surface area contributed by atoms with E-state index < -0.39 is 23.4 Å². The molecule has 1 aliphatic carbocycles. The molecule has 1 nitrogen and oxygen atoms in total. The SMILES string of the molecule is O=C1CCC1c1ccc(F)c(F)c1F. The number of hydrogen-bond donors (Lipinski definition) is 0. The number of carbonyl (C=O) groups excluding carboxylic acids is 1. The summed E-state index contributed by atoms with van der Waals surface area (Å²) in [6.45, 7) is 0. The van der Waals surface area contributed by atoms with Crippen molar-refractivity contribution in [2.45, 2.75) is 18.8 Å². The molecule has 1 fully saturated rings. The third kappa shape index (κ3) is 1.22. The number of hydrogen-bond acceptors (Lipinski definition) is 1. The van der Waals surface area contributed by atoms with E-state index in [1.165, 1.54) is 0 Å². The Morgan fingerprint density at radius 2 is 1.86 bits per heavy atom. The van der Waals surface area contributed by atoms with Crippen molar-refractivity contribution < 1.29 is 18.0 Å². The first kappa shape index (κ1) is 9.24. The molecule has 1 atom stereocenters. The van der Waals surface area contributed by atoms with E-state index in [1.807, 2.05) is 0 Å². The third-order valence-electron chi connectivity index (χ3n) is 2.51. The zero-order valence-electron chi connectivity index (χ0n) is 7.19. The van der Waals surface area contributed by atoms with Gasteiger partial charge in [-0.15, -0.1) is 0 Å². The van der Waals surface area contributed by atoms with Gasteiger partial charge in [-0.3, -0.25) is 4.79 Å². The van der Waals surface area contributed by atoms with Crippen LogP contribution >= 0.6 is 0 Å². The molecule has 1 saturated carbocycles. The van der Waals surface area contributed by atoms with Crippen molar-refractivity contribution in [1.82, 2.24) is 0 Å². The quantitative estimate of drug-likeness (QED) is 0.636. The zero-order chi connectivity index (χ0) is 10.3. The van der Waals surface area contributed by atoms with E-state index in [4.69, 9.17) is 0 Å². The van der Waals surface area contributed by atoms with E-state index in [-0.39, 0.29) is 11.3 Å². The summed E-state index contributed by atoms with van der Waals surface area (Å²) in [7, 11) is 0. The smallest absolute Gasteiger partial charge is 0.194 e. The first-order valence-corrected chi connectivity index (χ1v) is 4.27. The van der Waals surface area contributed by atoms with Gasteiger partial charge >= 0.3 is 0 Å². The normalized spacial score (nSPS) is 20.8. The van der Waals surface area contributed by atoms with Gasteiger partial charge in [0.1, 0.15) is 5.78 Å². The van der Waals surface area contributed by atoms with Crippen molar-refractivity contribution in [1.29, 1.82) is 0 Å². The van der Waals surface area contributed by atoms with Gasteiger partial charge in [0.05, 0.1) is 0 Å². The molecule has 0 aromatic heterocycles. The van der Waals surface area contributed by atoms with Gasteiger partial charge in [-0.25, -0.2) is 13.2 Å². The Labute approximate surface area is 78.5 Å². The van der Waals surface area contributed by atoms with Gasteiger partial charge in [0.15, 0.2) is 17.5 Å². The van der Waals surface area contributed by atoms with Crippen LogP contribution in [0.3, 0.4) is 0 Å². The molecule has 14 heavy (non-hydrogen) atoms. The number of Topliss-reactive ketones (excluding diaryl/α,β-unsaturated/α-hetero) is 1. The summed E-state index contributed by atoms with van der Waals surface area (Å²) in [6, 6.07) is 1.98. The third-order valence-corrected chi connectivity index (χ3v) is 2.51. The van der Waals surface area contributed by atoms with Crippen LogP contribution in [0.15, 0.2) is 12.1 Å². The van der Waals surface area contributed by atoms with Crippen LogP contribution < -0.4 is 0 Å². The molecule has 1 unspecified atom stereocenters. The lowest BCUT2D eigenvalue weighted by molar-refractivity contribution is -0.125. The van der Waals surface area contributed by atoms with Crippen LogP contribution in [0.1, 0.15) is 24.3 Å². The Bertz CT molecular complexity index is 401. The lowest BCUT2D eigenvalue weighted by Gasteiger charge is -2.24. The summed E-state index contributed by atoms with van der Waals surface area (Å²) in [5, 5.41) is 0.